The van der Waals surface area contributed by atoms with E-state index in [1.807, 2.05) is 24.3 Å². The molecule has 0 bridgehead atoms. The summed E-state index contributed by atoms with van der Waals surface area (Å²) in [5, 5.41) is 13.8. The van der Waals surface area contributed by atoms with E-state index in [0.717, 1.165) is 23.6 Å². The van der Waals surface area contributed by atoms with Crippen molar-refractivity contribution in [2.75, 3.05) is 6.54 Å². The molecular formula is C17H17F2NO. The van der Waals surface area contributed by atoms with E-state index in [0.29, 0.717) is 18.5 Å². The predicted octanol–water partition coefficient (Wildman–Crippen LogP) is 2.89. The zero-order chi connectivity index (χ0) is 14.9. The Labute approximate surface area is 122 Å². The predicted molar refractivity (Wildman–Crippen MR) is 76.7 cm³/mol. The van der Waals surface area contributed by atoms with Crippen LogP contribution < -0.4 is 5.32 Å². The molecule has 2 aromatic carbocycles. The molecule has 2 aromatic rings. The van der Waals surface area contributed by atoms with E-state index >= 15 is 0 Å². The lowest BCUT2D eigenvalue weighted by molar-refractivity contribution is 0.0384. The van der Waals surface area contributed by atoms with Crippen molar-refractivity contribution in [1.29, 1.82) is 0 Å². The van der Waals surface area contributed by atoms with Crippen LogP contribution in [0.2, 0.25) is 0 Å². The lowest BCUT2D eigenvalue weighted by atomic mass is 9.96. The lowest BCUT2D eigenvalue weighted by Crippen LogP contribution is -2.36. The molecule has 1 aliphatic carbocycles. The Bertz CT molecular complexity index is 659. The number of halogens is 2. The molecule has 2 N–H and O–H groups in total. The first kappa shape index (κ1) is 14.2. The van der Waals surface area contributed by atoms with Crippen molar-refractivity contribution in [3.05, 3.63) is 70.8 Å². The van der Waals surface area contributed by atoms with E-state index < -0.39 is 17.2 Å². The Morgan fingerprint density at radius 1 is 1.14 bits per heavy atom. The van der Waals surface area contributed by atoms with Crippen molar-refractivity contribution in [2.45, 2.75) is 25.0 Å². The first-order valence-electron chi connectivity index (χ1n) is 7.04. The first-order valence-corrected chi connectivity index (χ1v) is 7.04. The van der Waals surface area contributed by atoms with Crippen molar-refractivity contribution < 1.29 is 13.9 Å². The fourth-order valence-corrected chi connectivity index (χ4v) is 2.92. The molecule has 0 saturated heterocycles. The van der Waals surface area contributed by atoms with Gasteiger partial charge >= 0.3 is 0 Å². The highest BCUT2D eigenvalue weighted by Crippen LogP contribution is 2.36. The van der Waals surface area contributed by atoms with Gasteiger partial charge in [-0.1, -0.05) is 30.3 Å². The van der Waals surface area contributed by atoms with Gasteiger partial charge in [0, 0.05) is 24.7 Å². The normalized spacial score (nSPS) is 20.5. The largest absolute Gasteiger partial charge is 0.384 e. The lowest BCUT2D eigenvalue weighted by Gasteiger charge is -2.24. The van der Waals surface area contributed by atoms with Crippen LogP contribution in [0.4, 0.5) is 8.78 Å². The number of aryl methyl sites for hydroxylation is 1. The van der Waals surface area contributed by atoms with Crippen molar-refractivity contribution in [3.63, 3.8) is 0 Å². The second kappa shape index (κ2) is 5.54. The standard InChI is InChI=1S/C17H17F2NO/c18-14-6-5-13(16(19)9-14)10-20-11-17(21)8-7-12-3-1-2-4-15(12)17/h1-6,9,20-21H,7-8,10-11H2. The Hall–Kier alpha value is -1.78. The molecular weight excluding hydrogens is 272 g/mol. The fraction of sp³-hybridized carbons (Fsp3) is 0.294. The summed E-state index contributed by atoms with van der Waals surface area (Å²) in [5.74, 6) is -1.15. The van der Waals surface area contributed by atoms with Gasteiger partial charge in [-0.15, -0.1) is 0 Å². The molecule has 4 heteroatoms. The van der Waals surface area contributed by atoms with E-state index in [1.54, 1.807) is 0 Å². The highest BCUT2D eigenvalue weighted by molar-refractivity contribution is 5.37. The zero-order valence-corrected chi connectivity index (χ0v) is 11.6. The monoisotopic (exact) mass is 289 g/mol. The maximum Gasteiger partial charge on any atom is 0.130 e. The van der Waals surface area contributed by atoms with Gasteiger partial charge in [0.1, 0.15) is 17.2 Å². The van der Waals surface area contributed by atoms with Crippen LogP contribution in [0.5, 0.6) is 0 Å². The molecule has 0 amide bonds. The SMILES string of the molecule is OC1(CNCc2ccc(F)cc2F)CCc2ccccc21. The number of aliphatic hydroxyl groups is 1. The van der Waals surface area contributed by atoms with Crippen molar-refractivity contribution in [1.82, 2.24) is 5.32 Å². The maximum atomic E-state index is 13.5. The molecule has 0 heterocycles. The smallest absolute Gasteiger partial charge is 0.130 e. The minimum absolute atomic E-state index is 0.261. The molecule has 0 aliphatic heterocycles. The molecule has 0 fully saturated rings. The van der Waals surface area contributed by atoms with Crippen LogP contribution in [-0.2, 0) is 18.6 Å². The minimum Gasteiger partial charge on any atom is -0.384 e. The summed E-state index contributed by atoms with van der Waals surface area (Å²) in [7, 11) is 0. The molecule has 0 radical (unpaired) electrons. The maximum absolute atomic E-state index is 13.5. The highest BCUT2D eigenvalue weighted by Gasteiger charge is 2.35. The molecule has 2 nitrogen and oxygen atoms in total. The summed E-state index contributed by atoms with van der Waals surface area (Å²) in [6.07, 6.45) is 1.50. The van der Waals surface area contributed by atoms with E-state index in [-0.39, 0.29) is 6.54 Å². The zero-order valence-electron chi connectivity index (χ0n) is 11.6. The molecule has 1 atom stereocenters. The molecule has 110 valence electrons. The summed E-state index contributed by atoms with van der Waals surface area (Å²) < 4.78 is 26.4. The summed E-state index contributed by atoms with van der Waals surface area (Å²) in [6.45, 7) is 0.609. The van der Waals surface area contributed by atoms with E-state index in [2.05, 4.69) is 5.32 Å². The van der Waals surface area contributed by atoms with Crippen LogP contribution >= 0.6 is 0 Å². The van der Waals surface area contributed by atoms with Crippen LogP contribution in [-0.4, -0.2) is 11.7 Å². The number of rotatable bonds is 4. The van der Waals surface area contributed by atoms with Crippen LogP contribution in [0.25, 0.3) is 0 Å². The van der Waals surface area contributed by atoms with Gasteiger partial charge in [0.25, 0.3) is 0 Å². The van der Waals surface area contributed by atoms with Crippen LogP contribution in [0.15, 0.2) is 42.5 Å². The van der Waals surface area contributed by atoms with E-state index in [4.69, 9.17) is 0 Å². The quantitative estimate of drug-likeness (QED) is 0.907. The number of nitrogens with one attached hydrogen (secondary N) is 1. The topological polar surface area (TPSA) is 32.3 Å². The van der Waals surface area contributed by atoms with Crippen molar-refractivity contribution in [3.8, 4) is 0 Å². The second-order valence-electron chi connectivity index (χ2n) is 5.53. The average molecular weight is 289 g/mol. The summed E-state index contributed by atoms with van der Waals surface area (Å²) >= 11 is 0. The van der Waals surface area contributed by atoms with Gasteiger partial charge in [-0.05, 0) is 30.0 Å². The Kier molecular flexibility index (Phi) is 3.74. The Morgan fingerprint density at radius 3 is 2.76 bits per heavy atom. The highest BCUT2D eigenvalue weighted by atomic mass is 19.1. The molecule has 1 unspecified atom stereocenters. The first-order chi connectivity index (χ1) is 10.1. The molecule has 1 aliphatic rings. The molecule has 0 aromatic heterocycles. The second-order valence-corrected chi connectivity index (χ2v) is 5.53. The summed E-state index contributed by atoms with van der Waals surface area (Å²) in [6, 6.07) is 11.4. The van der Waals surface area contributed by atoms with Crippen molar-refractivity contribution in [2.24, 2.45) is 0 Å². The van der Waals surface area contributed by atoms with Gasteiger partial charge in [0.05, 0.1) is 0 Å². The third kappa shape index (κ3) is 2.82. The number of fused-ring (bicyclic) bond motifs is 1. The van der Waals surface area contributed by atoms with Crippen LogP contribution in [0.3, 0.4) is 0 Å². The average Bonchev–Trinajstić information content (AvgIpc) is 2.80. The third-order valence-electron chi connectivity index (χ3n) is 4.07. The Morgan fingerprint density at radius 2 is 1.95 bits per heavy atom. The molecule has 0 spiro atoms. The molecule has 21 heavy (non-hydrogen) atoms. The van der Waals surface area contributed by atoms with Crippen molar-refractivity contribution >= 4 is 0 Å². The summed E-state index contributed by atoms with van der Waals surface area (Å²) in [4.78, 5) is 0. The van der Waals surface area contributed by atoms with Gasteiger partial charge in [-0.25, -0.2) is 8.78 Å². The van der Waals surface area contributed by atoms with Gasteiger partial charge in [0.15, 0.2) is 0 Å². The summed E-state index contributed by atoms with van der Waals surface area (Å²) in [5.41, 5.74) is 1.59. The van der Waals surface area contributed by atoms with E-state index in [1.165, 1.54) is 12.1 Å². The van der Waals surface area contributed by atoms with Gasteiger partial charge in [-0.3, -0.25) is 0 Å². The fourth-order valence-electron chi connectivity index (χ4n) is 2.92. The van der Waals surface area contributed by atoms with Crippen LogP contribution in [0.1, 0.15) is 23.1 Å². The molecule has 0 saturated carbocycles. The molecule has 3 rings (SSSR count). The van der Waals surface area contributed by atoms with Crippen LogP contribution in [0, 0.1) is 11.6 Å². The number of hydrogen-bond acceptors (Lipinski definition) is 2. The minimum atomic E-state index is -0.910. The Balaban J connectivity index is 1.66. The van der Waals surface area contributed by atoms with Gasteiger partial charge in [-0.2, -0.15) is 0 Å². The van der Waals surface area contributed by atoms with E-state index in [9.17, 15) is 13.9 Å². The van der Waals surface area contributed by atoms with Gasteiger partial charge in [0.2, 0.25) is 0 Å². The number of hydrogen-bond donors (Lipinski definition) is 2. The van der Waals surface area contributed by atoms with Gasteiger partial charge < -0.3 is 10.4 Å². The third-order valence-corrected chi connectivity index (χ3v) is 4.07. The number of benzene rings is 2.